The monoisotopic (exact) mass is 535 g/mol. The molecule has 208 valence electrons. The molecule has 1 unspecified atom stereocenters. The fraction of sp³-hybridized carbons (Fsp3) is 0.400. The minimum absolute atomic E-state index is 0.0792. The number of rotatable bonds is 12. The first-order valence-corrected chi connectivity index (χ1v) is 13.2. The largest absolute Gasteiger partial charge is 0.493 e. The van der Waals surface area contributed by atoms with Gasteiger partial charge in [0.05, 0.1) is 26.9 Å². The van der Waals surface area contributed by atoms with Crippen LogP contribution in [0.2, 0.25) is 0 Å². The zero-order valence-corrected chi connectivity index (χ0v) is 22.9. The third kappa shape index (κ3) is 8.00. The highest BCUT2D eigenvalue weighted by molar-refractivity contribution is 5.92. The molecule has 0 aliphatic carbocycles. The molecule has 1 aliphatic rings. The fourth-order valence-corrected chi connectivity index (χ4v) is 4.59. The van der Waals surface area contributed by atoms with Gasteiger partial charge in [-0.25, -0.2) is 4.79 Å². The van der Waals surface area contributed by atoms with Crippen molar-refractivity contribution in [1.82, 2.24) is 9.80 Å². The predicted octanol–water partition coefficient (Wildman–Crippen LogP) is 4.89. The molecule has 2 heterocycles. The molecular formula is C30H37N3O6. The van der Waals surface area contributed by atoms with Gasteiger partial charge in [-0.2, -0.15) is 0 Å². The van der Waals surface area contributed by atoms with Crippen LogP contribution in [0, 0.1) is 6.92 Å². The zero-order chi connectivity index (χ0) is 27.6. The summed E-state index contributed by atoms with van der Waals surface area (Å²) in [5.41, 5.74) is 1.67. The number of ether oxygens (including phenoxy) is 3. The molecule has 39 heavy (non-hydrogen) atoms. The van der Waals surface area contributed by atoms with E-state index in [1.807, 2.05) is 67.6 Å². The normalized spacial score (nSPS) is 14.6. The summed E-state index contributed by atoms with van der Waals surface area (Å²) in [5.74, 6) is 2.57. The highest BCUT2D eigenvalue weighted by Crippen LogP contribution is 2.28. The standard InChI is InChI=1S/C30H37N3O6/c1-22-11-13-26(39-22)20-32(16-15-23-12-14-27(36-2)28(18-23)37-3)29(34)21-33(19-25-10-7-17-38-25)30(35)31-24-8-5-4-6-9-24/h4-6,8-9,11-14,18,25H,7,10,15-17,19-21H2,1-3H3,(H,31,35). The number of para-hydroxylation sites is 1. The first-order chi connectivity index (χ1) is 18.9. The van der Waals surface area contributed by atoms with Crippen LogP contribution in [0.1, 0.15) is 29.9 Å². The number of nitrogens with one attached hydrogen (secondary N) is 1. The third-order valence-corrected chi connectivity index (χ3v) is 6.70. The molecule has 3 amide bonds. The summed E-state index contributed by atoms with van der Waals surface area (Å²) in [6.45, 7) is 3.53. The number of methoxy groups -OCH3 is 2. The molecule has 4 rings (SSSR count). The Hall–Kier alpha value is -3.98. The average molecular weight is 536 g/mol. The summed E-state index contributed by atoms with van der Waals surface area (Å²) in [6, 6.07) is 18.4. The number of hydrogen-bond donors (Lipinski definition) is 1. The number of anilines is 1. The summed E-state index contributed by atoms with van der Waals surface area (Å²) < 4.78 is 22.3. The molecule has 9 heteroatoms. The van der Waals surface area contributed by atoms with Gasteiger partial charge < -0.3 is 33.7 Å². The van der Waals surface area contributed by atoms with Gasteiger partial charge in [-0.15, -0.1) is 0 Å². The second kappa shape index (κ2) is 13.7. The Morgan fingerprint density at radius 3 is 2.46 bits per heavy atom. The number of carbonyl (C=O) groups excluding carboxylic acids is 2. The topological polar surface area (TPSA) is 93.5 Å². The average Bonchev–Trinajstić information content (AvgIpc) is 3.62. The van der Waals surface area contributed by atoms with Gasteiger partial charge in [0.15, 0.2) is 11.5 Å². The first kappa shape index (κ1) is 28.0. The van der Waals surface area contributed by atoms with E-state index in [4.69, 9.17) is 18.6 Å². The van der Waals surface area contributed by atoms with Crippen LogP contribution in [-0.2, 0) is 22.5 Å². The second-order valence-electron chi connectivity index (χ2n) is 9.58. The molecule has 1 aliphatic heterocycles. The maximum Gasteiger partial charge on any atom is 0.322 e. The van der Waals surface area contributed by atoms with Crippen molar-refractivity contribution >= 4 is 17.6 Å². The van der Waals surface area contributed by atoms with Crippen molar-refractivity contribution in [3.05, 3.63) is 77.7 Å². The van der Waals surface area contributed by atoms with E-state index in [0.29, 0.717) is 55.6 Å². The van der Waals surface area contributed by atoms with Crippen molar-refractivity contribution in [2.24, 2.45) is 0 Å². The van der Waals surface area contributed by atoms with Gasteiger partial charge in [-0.3, -0.25) is 4.79 Å². The minimum atomic E-state index is -0.335. The molecule has 9 nitrogen and oxygen atoms in total. The van der Waals surface area contributed by atoms with E-state index in [9.17, 15) is 9.59 Å². The molecule has 1 N–H and O–H groups in total. The number of nitrogens with zero attached hydrogens (tertiary/aromatic N) is 2. The highest BCUT2D eigenvalue weighted by atomic mass is 16.5. The van der Waals surface area contributed by atoms with Crippen molar-refractivity contribution in [1.29, 1.82) is 0 Å². The lowest BCUT2D eigenvalue weighted by Gasteiger charge is -2.29. The number of furan rings is 1. The van der Waals surface area contributed by atoms with Crippen LogP contribution in [0.3, 0.4) is 0 Å². The number of amides is 3. The van der Waals surface area contributed by atoms with Crippen molar-refractivity contribution in [2.45, 2.75) is 38.8 Å². The number of hydrogen-bond acceptors (Lipinski definition) is 6. The minimum Gasteiger partial charge on any atom is -0.493 e. The van der Waals surface area contributed by atoms with E-state index < -0.39 is 0 Å². The first-order valence-electron chi connectivity index (χ1n) is 13.2. The van der Waals surface area contributed by atoms with Gasteiger partial charge >= 0.3 is 6.03 Å². The SMILES string of the molecule is COc1ccc(CCN(Cc2ccc(C)o2)C(=O)CN(CC2CCCO2)C(=O)Nc2ccccc2)cc1OC. The molecule has 2 aromatic carbocycles. The molecule has 1 saturated heterocycles. The highest BCUT2D eigenvalue weighted by Gasteiger charge is 2.27. The van der Waals surface area contributed by atoms with Crippen molar-refractivity contribution in [2.75, 3.05) is 45.8 Å². The van der Waals surface area contributed by atoms with E-state index in [2.05, 4.69) is 5.32 Å². The van der Waals surface area contributed by atoms with Gasteiger partial charge in [0.2, 0.25) is 5.91 Å². The van der Waals surface area contributed by atoms with E-state index in [1.54, 1.807) is 24.0 Å². The molecule has 0 radical (unpaired) electrons. The van der Waals surface area contributed by atoms with Crippen molar-refractivity contribution in [3.8, 4) is 11.5 Å². The molecular weight excluding hydrogens is 498 g/mol. The summed E-state index contributed by atoms with van der Waals surface area (Å²) in [7, 11) is 3.19. The quantitative estimate of drug-likeness (QED) is 0.355. The fourth-order valence-electron chi connectivity index (χ4n) is 4.59. The van der Waals surface area contributed by atoms with Gasteiger partial charge in [-0.1, -0.05) is 24.3 Å². The molecule has 0 spiro atoms. The van der Waals surface area contributed by atoms with Gasteiger partial charge in [0, 0.05) is 25.4 Å². The van der Waals surface area contributed by atoms with Crippen molar-refractivity contribution < 1.29 is 28.2 Å². The van der Waals surface area contributed by atoms with E-state index in [-0.39, 0.29) is 24.6 Å². The Kier molecular flexibility index (Phi) is 9.85. The lowest BCUT2D eigenvalue weighted by molar-refractivity contribution is -0.132. The summed E-state index contributed by atoms with van der Waals surface area (Å²) in [5, 5.41) is 2.91. The van der Waals surface area contributed by atoms with Crippen LogP contribution in [-0.4, -0.2) is 68.3 Å². The summed E-state index contributed by atoms with van der Waals surface area (Å²) in [4.78, 5) is 30.3. The molecule has 1 aromatic heterocycles. The zero-order valence-electron chi connectivity index (χ0n) is 22.9. The Labute approximate surface area is 229 Å². The Balaban J connectivity index is 1.50. The van der Waals surface area contributed by atoms with Gasteiger partial charge in [-0.05, 0) is 68.1 Å². The number of aryl methyl sites for hydroxylation is 1. The van der Waals surface area contributed by atoms with E-state index in [1.165, 1.54) is 0 Å². The molecule has 3 aromatic rings. The molecule has 1 atom stereocenters. The second-order valence-corrected chi connectivity index (χ2v) is 9.58. The molecule has 0 bridgehead atoms. The number of carbonyl (C=O) groups is 2. The van der Waals surface area contributed by atoms with Crippen LogP contribution in [0.15, 0.2) is 65.1 Å². The van der Waals surface area contributed by atoms with Crippen LogP contribution >= 0.6 is 0 Å². The van der Waals surface area contributed by atoms with Crippen LogP contribution in [0.5, 0.6) is 11.5 Å². The van der Waals surface area contributed by atoms with Crippen LogP contribution < -0.4 is 14.8 Å². The summed E-state index contributed by atoms with van der Waals surface area (Å²) >= 11 is 0. The number of urea groups is 1. The lowest BCUT2D eigenvalue weighted by Crippen LogP contribution is -2.47. The van der Waals surface area contributed by atoms with Crippen molar-refractivity contribution in [3.63, 3.8) is 0 Å². The Morgan fingerprint density at radius 1 is 1.00 bits per heavy atom. The molecule has 1 fully saturated rings. The van der Waals surface area contributed by atoms with Gasteiger partial charge in [0.25, 0.3) is 0 Å². The lowest BCUT2D eigenvalue weighted by atomic mass is 10.1. The number of benzene rings is 2. The van der Waals surface area contributed by atoms with Gasteiger partial charge in [0.1, 0.15) is 18.1 Å². The van der Waals surface area contributed by atoms with Crippen LogP contribution in [0.25, 0.3) is 0 Å². The smallest absolute Gasteiger partial charge is 0.322 e. The van der Waals surface area contributed by atoms with Crippen LogP contribution in [0.4, 0.5) is 10.5 Å². The van der Waals surface area contributed by atoms with E-state index in [0.717, 1.165) is 24.2 Å². The Bertz CT molecular complexity index is 1220. The maximum absolute atomic E-state index is 13.7. The Morgan fingerprint density at radius 2 is 1.79 bits per heavy atom. The predicted molar refractivity (Wildman–Crippen MR) is 148 cm³/mol. The molecule has 0 saturated carbocycles. The summed E-state index contributed by atoms with van der Waals surface area (Å²) in [6.07, 6.45) is 2.31. The third-order valence-electron chi connectivity index (χ3n) is 6.70. The maximum atomic E-state index is 13.7. The van der Waals surface area contributed by atoms with E-state index >= 15 is 0 Å².